The molecule has 4 rings (SSSR count). The fraction of sp³-hybridized carbons (Fsp3) is 0.238. The number of rotatable bonds is 4. The van der Waals surface area contributed by atoms with Crippen molar-refractivity contribution in [2.75, 3.05) is 5.32 Å². The largest absolute Gasteiger partial charge is 0.490 e. The van der Waals surface area contributed by atoms with Gasteiger partial charge in [0, 0.05) is 23.7 Å². The summed E-state index contributed by atoms with van der Waals surface area (Å²) < 4.78 is 11.2. The Hall–Kier alpha value is -3.08. The van der Waals surface area contributed by atoms with Crippen LogP contribution >= 0.6 is 0 Å². The third-order valence-corrected chi connectivity index (χ3v) is 4.38. The minimum absolute atomic E-state index is 0.119. The molecule has 0 saturated heterocycles. The van der Waals surface area contributed by atoms with Gasteiger partial charge in [0.25, 0.3) is 0 Å². The van der Waals surface area contributed by atoms with Gasteiger partial charge in [0.05, 0.1) is 12.1 Å². The van der Waals surface area contributed by atoms with Crippen LogP contribution in [0, 0.1) is 6.92 Å². The van der Waals surface area contributed by atoms with E-state index in [1.54, 1.807) is 0 Å². The molecule has 0 bridgehead atoms. The quantitative estimate of drug-likeness (QED) is 0.769. The zero-order valence-corrected chi connectivity index (χ0v) is 14.8. The fourth-order valence-electron chi connectivity index (χ4n) is 3.20. The van der Waals surface area contributed by atoms with Gasteiger partial charge in [0.1, 0.15) is 11.9 Å². The minimum Gasteiger partial charge on any atom is -0.490 e. The number of ether oxygens (including phenoxy) is 1. The van der Waals surface area contributed by atoms with Crippen molar-refractivity contribution in [1.29, 1.82) is 0 Å². The number of benzene rings is 2. The number of anilines is 1. The molecule has 1 aliphatic heterocycles. The van der Waals surface area contributed by atoms with Gasteiger partial charge in [0.2, 0.25) is 5.91 Å². The second-order valence-corrected chi connectivity index (χ2v) is 6.73. The zero-order valence-electron chi connectivity index (χ0n) is 14.8. The Labute approximate surface area is 152 Å². The monoisotopic (exact) mass is 348 g/mol. The Bertz CT molecular complexity index is 961. The van der Waals surface area contributed by atoms with Crippen molar-refractivity contribution < 1.29 is 14.1 Å². The molecule has 132 valence electrons. The molecular weight excluding hydrogens is 328 g/mol. The number of aromatic nitrogens is 1. The molecule has 1 aliphatic rings. The van der Waals surface area contributed by atoms with E-state index in [1.165, 1.54) is 5.56 Å². The maximum atomic E-state index is 12.2. The van der Waals surface area contributed by atoms with Gasteiger partial charge >= 0.3 is 0 Å². The lowest BCUT2D eigenvalue weighted by atomic mass is 10.1. The number of carbonyl (C=O) groups excluding carboxylic acids is 1. The lowest BCUT2D eigenvalue weighted by Gasteiger charge is -2.04. The molecule has 1 aromatic heterocycles. The van der Waals surface area contributed by atoms with Crippen molar-refractivity contribution in [3.63, 3.8) is 0 Å². The summed E-state index contributed by atoms with van der Waals surface area (Å²) in [5, 5.41) is 6.92. The standard InChI is InChI=1S/C21H20N2O3/c1-13-4-3-5-17(8-13)22-21(24)12-18-11-20(26-23-18)15-6-7-19-16(10-15)9-14(2)25-19/h3-8,10-11,14H,9,12H2,1-2H3,(H,22,24). The molecule has 3 aromatic rings. The van der Waals surface area contributed by atoms with Crippen molar-refractivity contribution >= 4 is 11.6 Å². The smallest absolute Gasteiger partial charge is 0.230 e. The average Bonchev–Trinajstić information content (AvgIpc) is 3.19. The molecule has 0 saturated carbocycles. The van der Waals surface area contributed by atoms with Crippen LogP contribution in [0.1, 0.15) is 23.7 Å². The number of amides is 1. The Morgan fingerprint density at radius 2 is 2.12 bits per heavy atom. The number of aryl methyl sites for hydroxylation is 1. The third kappa shape index (κ3) is 3.47. The number of hydrogen-bond donors (Lipinski definition) is 1. The normalized spacial score (nSPS) is 15.4. The molecule has 5 heteroatoms. The summed E-state index contributed by atoms with van der Waals surface area (Å²) in [5.74, 6) is 1.47. The van der Waals surface area contributed by atoms with Crippen molar-refractivity contribution in [3.8, 4) is 17.1 Å². The predicted octanol–water partition coefficient (Wildman–Crippen LogP) is 4.15. The highest BCUT2D eigenvalue weighted by atomic mass is 16.5. The van der Waals surface area contributed by atoms with E-state index in [2.05, 4.69) is 23.5 Å². The first-order valence-electron chi connectivity index (χ1n) is 8.69. The summed E-state index contributed by atoms with van der Waals surface area (Å²) >= 11 is 0. The Morgan fingerprint density at radius 1 is 1.23 bits per heavy atom. The summed E-state index contributed by atoms with van der Waals surface area (Å²) in [5.41, 5.74) is 4.60. The van der Waals surface area contributed by atoms with Crippen LogP contribution in [0.5, 0.6) is 5.75 Å². The fourth-order valence-corrected chi connectivity index (χ4v) is 3.20. The number of nitrogens with one attached hydrogen (secondary N) is 1. The van der Waals surface area contributed by atoms with Gasteiger partial charge < -0.3 is 14.6 Å². The van der Waals surface area contributed by atoms with Crippen LogP contribution in [-0.2, 0) is 17.6 Å². The van der Waals surface area contributed by atoms with Crippen LogP contribution in [-0.4, -0.2) is 17.2 Å². The van der Waals surface area contributed by atoms with E-state index >= 15 is 0 Å². The van der Waals surface area contributed by atoms with Gasteiger partial charge in [0.15, 0.2) is 5.76 Å². The molecule has 0 aliphatic carbocycles. The van der Waals surface area contributed by atoms with Crippen molar-refractivity contribution in [3.05, 3.63) is 65.4 Å². The first-order chi connectivity index (χ1) is 12.6. The zero-order chi connectivity index (χ0) is 18.1. The van der Waals surface area contributed by atoms with Crippen LogP contribution in [0.4, 0.5) is 5.69 Å². The first-order valence-corrected chi connectivity index (χ1v) is 8.69. The first kappa shape index (κ1) is 16.4. The molecule has 26 heavy (non-hydrogen) atoms. The maximum Gasteiger partial charge on any atom is 0.230 e. The molecule has 1 N–H and O–H groups in total. The molecule has 1 unspecified atom stereocenters. The summed E-state index contributed by atoms with van der Waals surface area (Å²) in [4.78, 5) is 12.2. The average molecular weight is 348 g/mol. The molecule has 5 nitrogen and oxygen atoms in total. The lowest BCUT2D eigenvalue weighted by molar-refractivity contribution is -0.115. The van der Waals surface area contributed by atoms with E-state index in [9.17, 15) is 4.79 Å². The van der Waals surface area contributed by atoms with Gasteiger partial charge in [-0.3, -0.25) is 4.79 Å². The van der Waals surface area contributed by atoms with Crippen molar-refractivity contribution in [2.24, 2.45) is 0 Å². The van der Waals surface area contributed by atoms with E-state index in [1.807, 2.05) is 49.4 Å². The summed E-state index contributed by atoms with van der Waals surface area (Å²) in [6.45, 7) is 4.04. The topological polar surface area (TPSA) is 64.4 Å². The number of fused-ring (bicyclic) bond motifs is 1. The Kier molecular flexibility index (Phi) is 4.21. The van der Waals surface area contributed by atoms with Crippen LogP contribution in [0.3, 0.4) is 0 Å². The van der Waals surface area contributed by atoms with Gasteiger partial charge in [-0.05, 0) is 55.3 Å². The highest BCUT2D eigenvalue weighted by Gasteiger charge is 2.20. The SMILES string of the molecule is Cc1cccc(NC(=O)Cc2cc(-c3ccc4c(c3)CC(C)O4)on2)c1. The van der Waals surface area contributed by atoms with Gasteiger partial charge in [-0.1, -0.05) is 17.3 Å². The molecule has 0 spiro atoms. The summed E-state index contributed by atoms with van der Waals surface area (Å²) in [6.07, 6.45) is 1.27. The van der Waals surface area contributed by atoms with Crippen LogP contribution in [0.25, 0.3) is 11.3 Å². The number of nitrogens with zero attached hydrogens (tertiary/aromatic N) is 1. The number of hydrogen-bond acceptors (Lipinski definition) is 4. The molecule has 2 aromatic carbocycles. The van der Waals surface area contributed by atoms with Gasteiger partial charge in [-0.2, -0.15) is 0 Å². The van der Waals surface area contributed by atoms with E-state index in [4.69, 9.17) is 9.26 Å². The van der Waals surface area contributed by atoms with E-state index < -0.39 is 0 Å². The van der Waals surface area contributed by atoms with Crippen molar-refractivity contribution in [1.82, 2.24) is 5.16 Å². The Morgan fingerprint density at radius 3 is 2.96 bits per heavy atom. The molecule has 0 radical (unpaired) electrons. The molecule has 1 atom stereocenters. The van der Waals surface area contributed by atoms with Gasteiger partial charge in [-0.15, -0.1) is 0 Å². The maximum absolute atomic E-state index is 12.2. The molecule has 1 amide bonds. The Balaban J connectivity index is 1.45. The van der Waals surface area contributed by atoms with Crippen LogP contribution < -0.4 is 10.1 Å². The van der Waals surface area contributed by atoms with Gasteiger partial charge in [-0.25, -0.2) is 0 Å². The highest BCUT2D eigenvalue weighted by molar-refractivity contribution is 5.92. The van der Waals surface area contributed by atoms with E-state index in [0.29, 0.717) is 11.5 Å². The third-order valence-electron chi connectivity index (χ3n) is 4.38. The molecular formula is C21H20N2O3. The second-order valence-electron chi connectivity index (χ2n) is 6.73. The second kappa shape index (κ2) is 6.67. The minimum atomic E-state index is -0.119. The highest BCUT2D eigenvalue weighted by Crippen LogP contribution is 2.33. The van der Waals surface area contributed by atoms with Crippen LogP contribution in [0.15, 0.2) is 53.1 Å². The lowest BCUT2D eigenvalue weighted by Crippen LogP contribution is -2.14. The number of carbonyl (C=O) groups is 1. The molecule has 0 fully saturated rings. The predicted molar refractivity (Wildman–Crippen MR) is 99.2 cm³/mol. The van der Waals surface area contributed by atoms with Crippen molar-refractivity contribution in [2.45, 2.75) is 32.8 Å². The summed E-state index contributed by atoms with van der Waals surface area (Å²) in [6, 6.07) is 15.5. The van der Waals surface area contributed by atoms with Crippen LogP contribution in [0.2, 0.25) is 0 Å². The van der Waals surface area contributed by atoms with E-state index in [0.717, 1.165) is 29.0 Å². The van der Waals surface area contributed by atoms with E-state index in [-0.39, 0.29) is 18.4 Å². The summed E-state index contributed by atoms with van der Waals surface area (Å²) in [7, 11) is 0. The molecule has 2 heterocycles.